The molecule has 6 nitrogen and oxygen atoms in total. The Bertz CT molecular complexity index is 617. The van der Waals surface area contributed by atoms with Crippen LogP contribution in [0.5, 0.6) is 0 Å². The molecule has 4 rings (SSSR count). The van der Waals surface area contributed by atoms with Gasteiger partial charge in [-0.15, -0.1) is 0 Å². The molecule has 6 heteroatoms. The number of rotatable bonds is 5. The number of likely N-dealkylation sites (tertiary alicyclic amines) is 1. The predicted molar refractivity (Wildman–Crippen MR) is 87.2 cm³/mol. The zero-order chi connectivity index (χ0) is 16.5. The largest absolute Gasteiger partial charge is 0.376 e. The maximum Gasteiger partial charge on any atom is 0.252 e. The van der Waals surface area contributed by atoms with E-state index in [2.05, 4.69) is 10.3 Å². The van der Waals surface area contributed by atoms with E-state index in [0.717, 1.165) is 6.54 Å². The van der Waals surface area contributed by atoms with E-state index in [1.165, 1.54) is 12.8 Å². The quantitative estimate of drug-likeness (QED) is 0.878. The molecule has 3 fully saturated rings. The fourth-order valence-electron chi connectivity index (χ4n) is 3.73. The summed E-state index contributed by atoms with van der Waals surface area (Å²) in [4.78, 5) is 30.3. The number of nitrogens with one attached hydrogen (secondary N) is 1. The van der Waals surface area contributed by atoms with Gasteiger partial charge < -0.3 is 15.0 Å². The maximum absolute atomic E-state index is 12.3. The molecule has 0 bridgehead atoms. The van der Waals surface area contributed by atoms with Crippen molar-refractivity contribution < 1.29 is 14.3 Å². The Morgan fingerprint density at radius 1 is 1.33 bits per heavy atom. The molecule has 1 N–H and O–H groups in total. The van der Waals surface area contributed by atoms with Crippen molar-refractivity contribution in [1.82, 2.24) is 15.2 Å². The van der Waals surface area contributed by atoms with Gasteiger partial charge in [0.25, 0.3) is 5.91 Å². The number of hydrogen-bond donors (Lipinski definition) is 1. The highest BCUT2D eigenvalue weighted by atomic mass is 16.5. The Morgan fingerprint density at radius 3 is 2.96 bits per heavy atom. The van der Waals surface area contributed by atoms with Gasteiger partial charge in [0.15, 0.2) is 0 Å². The molecule has 3 aliphatic rings. The Hall–Kier alpha value is -1.95. The minimum absolute atomic E-state index is 0.105. The summed E-state index contributed by atoms with van der Waals surface area (Å²) in [5.74, 6) is 1.39. The summed E-state index contributed by atoms with van der Waals surface area (Å²) in [7, 11) is 0. The van der Waals surface area contributed by atoms with Gasteiger partial charge in [-0.2, -0.15) is 0 Å². The number of carbonyl (C=O) groups is 2. The summed E-state index contributed by atoms with van der Waals surface area (Å²) in [6, 6.07) is 3.51. The molecule has 3 atom stereocenters. The van der Waals surface area contributed by atoms with Crippen LogP contribution in [0.1, 0.15) is 29.6 Å². The summed E-state index contributed by atoms with van der Waals surface area (Å²) in [5.41, 5.74) is 0.570. The van der Waals surface area contributed by atoms with Gasteiger partial charge in [0.05, 0.1) is 18.3 Å². The van der Waals surface area contributed by atoms with E-state index >= 15 is 0 Å². The van der Waals surface area contributed by atoms with Crippen LogP contribution in [0.3, 0.4) is 0 Å². The number of nitrogens with zero attached hydrogens (tertiary/aromatic N) is 2. The molecule has 1 aromatic rings. The monoisotopic (exact) mass is 329 g/mol. The summed E-state index contributed by atoms with van der Waals surface area (Å²) in [6.07, 6.45) is 6.45. The van der Waals surface area contributed by atoms with Crippen molar-refractivity contribution in [1.29, 1.82) is 0 Å². The van der Waals surface area contributed by atoms with Crippen LogP contribution in [0.4, 0.5) is 0 Å². The van der Waals surface area contributed by atoms with Crippen LogP contribution < -0.4 is 5.32 Å². The number of pyridine rings is 1. The highest BCUT2D eigenvalue weighted by Crippen LogP contribution is 2.36. The molecular formula is C18H23N3O3. The SMILES string of the molecule is O=C(NC[C@@H]1CO[C@@H]2CN(C(=O)CC3CC3)C[C@H]12)c1cccnc1. The average Bonchev–Trinajstić information content (AvgIpc) is 3.18. The van der Waals surface area contributed by atoms with Gasteiger partial charge in [0.1, 0.15) is 0 Å². The summed E-state index contributed by atoms with van der Waals surface area (Å²) < 4.78 is 5.87. The lowest BCUT2D eigenvalue weighted by Crippen LogP contribution is -2.35. The van der Waals surface area contributed by atoms with Gasteiger partial charge in [-0.05, 0) is 30.9 Å². The van der Waals surface area contributed by atoms with Crippen molar-refractivity contribution in [2.45, 2.75) is 25.4 Å². The van der Waals surface area contributed by atoms with Crippen molar-refractivity contribution in [3.05, 3.63) is 30.1 Å². The second-order valence-corrected chi connectivity index (χ2v) is 7.19. The zero-order valence-electron chi connectivity index (χ0n) is 13.7. The van der Waals surface area contributed by atoms with Crippen molar-refractivity contribution in [2.24, 2.45) is 17.8 Å². The van der Waals surface area contributed by atoms with Gasteiger partial charge in [-0.25, -0.2) is 0 Å². The Balaban J connectivity index is 1.29. The van der Waals surface area contributed by atoms with E-state index < -0.39 is 0 Å². The third-order valence-electron chi connectivity index (χ3n) is 5.40. The van der Waals surface area contributed by atoms with Crippen LogP contribution >= 0.6 is 0 Å². The Labute approximate surface area is 141 Å². The molecule has 1 aliphatic carbocycles. The van der Waals surface area contributed by atoms with Crippen molar-refractivity contribution in [3.8, 4) is 0 Å². The number of amides is 2. The van der Waals surface area contributed by atoms with E-state index in [9.17, 15) is 9.59 Å². The minimum Gasteiger partial charge on any atom is -0.376 e. The second kappa shape index (κ2) is 6.51. The first-order chi connectivity index (χ1) is 11.7. The molecule has 128 valence electrons. The number of carbonyl (C=O) groups excluding carboxylic acids is 2. The van der Waals surface area contributed by atoms with Gasteiger partial charge in [-0.1, -0.05) is 0 Å². The topological polar surface area (TPSA) is 71.5 Å². The molecule has 0 radical (unpaired) electrons. The van der Waals surface area contributed by atoms with Gasteiger partial charge in [0.2, 0.25) is 5.91 Å². The third kappa shape index (κ3) is 3.29. The van der Waals surface area contributed by atoms with Crippen LogP contribution in [-0.4, -0.2) is 54.0 Å². The maximum atomic E-state index is 12.3. The van der Waals surface area contributed by atoms with Crippen LogP contribution in [0.15, 0.2) is 24.5 Å². The molecule has 2 saturated heterocycles. The van der Waals surface area contributed by atoms with E-state index in [1.54, 1.807) is 24.5 Å². The van der Waals surface area contributed by atoms with Crippen molar-refractivity contribution in [2.75, 3.05) is 26.2 Å². The molecule has 0 unspecified atom stereocenters. The van der Waals surface area contributed by atoms with Crippen LogP contribution in [0.2, 0.25) is 0 Å². The lowest BCUT2D eigenvalue weighted by atomic mass is 9.93. The molecule has 1 aromatic heterocycles. The fraction of sp³-hybridized carbons (Fsp3) is 0.611. The number of ether oxygens (including phenoxy) is 1. The first-order valence-corrected chi connectivity index (χ1v) is 8.78. The molecule has 1 saturated carbocycles. The standard InChI is InChI=1S/C18H23N3O3/c22-17(6-12-3-4-12)21-9-15-14(11-24-16(15)10-21)8-20-18(23)13-2-1-5-19-7-13/h1-2,5,7,12,14-16H,3-4,6,8-11H2,(H,20,23)/t14-,15-,16-/m1/s1. The smallest absolute Gasteiger partial charge is 0.252 e. The molecule has 0 aromatic carbocycles. The highest BCUT2D eigenvalue weighted by molar-refractivity contribution is 5.93. The first-order valence-electron chi connectivity index (χ1n) is 8.78. The molecule has 24 heavy (non-hydrogen) atoms. The van der Waals surface area contributed by atoms with Crippen LogP contribution in [0.25, 0.3) is 0 Å². The summed E-state index contributed by atoms with van der Waals surface area (Å²) in [6.45, 7) is 2.72. The summed E-state index contributed by atoms with van der Waals surface area (Å²) in [5, 5.41) is 2.98. The zero-order valence-corrected chi connectivity index (χ0v) is 13.7. The van der Waals surface area contributed by atoms with Crippen LogP contribution in [-0.2, 0) is 9.53 Å². The van der Waals surface area contributed by atoms with Crippen molar-refractivity contribution >= 4 is 11.8 Å². The Kier molecular flexibility index (Phi) is 4.22. The predicted octanol–water partition coefficient (Wildman–Crippen LogP) is 1.08. The van der Waals surface area contributed by atoms with Crippen LogP contribution in [0, 0.1) is 17.8 Å². The third-order valence-corrected chi connectivity index (χ3v) is 5.40. The Morgan fingerprint density at radius 2 is 2.21 bits per heavy atom. The molecule has 3 heterocycles. The van der Waals surface area contributed by atoms with Crippen molar-refractivity contribution in [3.63, 3.8) is 0 Å². The lowest BCUT2D eigenvalue weighted by Gasteiger charge is -2.20. The normalized spacial score (nSPS) is 28.7. The van der Waals surface area contributed by atoms with E-state index in [0.29, 0.717) is 43.5 Å². The second-order valence-electron chi connectivity index (χ2n) is 7.19. The summed E-state index contributed by atoms with van der Waals surface area (Å²) >= 11 is 0. The van der Waals surface area contributed by atoms with Gasteiger partial charge in [0, 0.05) is 50.3 Å². The minimum atomic E-state index is -0.105. The number of hydrogen-bond acceptors (Lipinski definition) is 4. The number of aromatic nitrogens is 1. The van der Waals surface area contributed by atoms with E-state index in [4.69, 9.17) is 4.74 Å². The molecule has 2 aliphatic heterocycles. The molecular weight excluding hydrogens is 306 g/mol. The molecule has 0 spiro atoms. The number of fused-ring (bicyclic) bond motifs is 1. The highest BCUT2D eigenvalue weighted by Gasteiger charge is 2.45. The average molecular weight is 329 g/mol. The van der Waals surface area contributed by atoms with E-state index in [1.807, 2.05) is 4.90 Å². The first kappa shape index (κ1) is 15.6. The van der Waals surface area contributed by atoms with Gasteiger partial charge in [-0.3, -0.25) is 14.6 Å². The van der Waals surface area contributed by atoms with Gasteiger partial charge >= 0.3 is 0 Å². The fourth-order valence-corrected chi connectivity index (χ4v) is 3.73. The molecule has 2 amide bonds. The van der Waals surface area contributed by atoms with E-state index in [-0.39, 0.29) is 23.8 Å². The lowest BCUT2D eigenvalue weighted by molar-refractivity contribution is -0.131.